The molecule has 0 atom stereocenters. The minimum atomic E-state index is 1.42. The molecule has 0 aromatic rings. The van der Waals surface area contributed by atoms with Gasteiger partial charge in [0.15, 0.2) is 0 Å². The summed E-state index contributed by atoms with van der Waals surface area (Å²) in [6.45, 7) is 3.54. The lowest BCUT2D eigenvalue weighted by molar-refractivity contribution is 0.804. The molecule has 0 radical (unpaired) electrons. The molecule has 0 aromatic carbocycles. The molecule has 0 spiro atoms. The molecule has 0 aliphatic rings. The van der Waals surface area contributed by atoms with Gasteiger partial charge in [-0.3, -0.25) is 0 Å². The second-order valence-electron chi connectivity index (χ2n) is 2.24. The molecule has 0 heterocycles. The van der Waals surface area contributed by atoms with Crippen LogP contribution in [-0.2, 0) is 0 Å². The Morgan fingerprint density at radius 3 is 1.93 bits per heavy atom. The van der Waals surface area contributed by atoms with Gasteiger partial charge in [0.2, 0.25) is 0 Å². The maximum Gasteiger partial charge on any atom is 0.0722 e. The summed E-state index contributed by atoms with van der Waals surface area (Å²) in [6, 6.07) is 0. The van der Waals surface area contributed by atoms with E-state index >= 15 is 0 Å². The Hall–Kier alpha value is -2.23. The van der Waals surface area contributed by atoms with Crippen molar-refractivity contribution < 1.29 is 0 Å². The first-order valence-electron chi connectivity index (χ1n) is 4.30. The van der Waals surface area contributed by atoms with Crippen molar-refractivity contribution in [2.24, 2.45) is 10.4 Å². The van der Waals surface area contributed by atoms with E-state index in [2.05, 4.69) is 17.0 Å². The maximum absolute atomic E-state index is 9.53. The molecule has 0 fully saturated rings. The average Bonchev–Trinajstić information content (AvgIpc) is 2.26. The van der Waals surface area contributed by atoms with Gasteiger partial charge in [0.05, 0.1) is 5.29 Å². The van der Waals surface area contributed by atoms with Gasteiger partial charge in [-0.2, -0.15) is 10.6 Å². The van der Waals surface area contributed by atoms with E-state index in [-0.39, 0.29) is 0 Å². The number of nitroso groups, excluding NO2 is 1. The van der Waals surface area contributed by atoms with Crippen LogP contribution < -0.4 is 5.53 Å². The highest BCUT2D eigenvalue weighted by molar-refractivity contribution is 5.71. The van der Waals surface area contributed by atoms with E-state index in [0.29, 0.717) is 0 Å². The Bertz CT molecular complexity index is 312. The molecular weight excluding hydrogens is 190 g/mol. The summed E-state index contributed by atoms with van der Waals surface area (Å²) in [5.74, 6) is 0. The summed E-state index contributed by atoms with van der Waals surface area (Å²) < 4.78 is 0. The highest BCUT2D eigenvalue weighted by Crippen LogP contribution is 1.81. The van der Waals surface area contributed by atoms with E-state index in [1.54, 1.807) is 18.2 Å². The monoisotopic (exact) mass is 203 g/mol. The van der Waals surface area contributed by atoms with Crippen LogP contribution in [0.4, 0.5) is 0 Å². The minimum Gasteiger partial charge on any atom is -0.164 e. The van der Waals surface area contributed by atoms with Crippen molar-refractivity contribution in [3.63, 3.8) is 0 Å². The van der Waals surface area contributed by atoms with Crippen molar-refractivity contribution in [2.45, 2.75) is 0 Å². The summed E-state index contributed by atoms with van der Waals surface area (Å²) in [5.41, 5.74) is 1.90. The lowest BCUT2D eigenvalue weighted by Crippen LogP contribution is -1.89. The number of hydrazone groups is 1. The van der Waals surface area contributed by atoms with Crippen molar-refractivity contribution in [1.29, 1.82) is 0 Å². The fraction of sp³-hybridized carbons (Fsp3) is 0. The molecule has 4 heteroatoms. The predicted molar refractivity (Wildman–Crippen MR) is 64.2 cm³/mol. The normalized spacial score (nSPS) is 12.5. The van der Waals surface area contributed by atoms with Crippen molar-refractivity contribution in [3.8, 4) is 0 Å². The molecule has 0 aliphatic carbocycles. The quantitative estimate of drug-likeness (QED) is 0.299. The fourth-order valence-electron chi connectivity index (χ4n) is 0.613. The first kappa shape index (κ1) is 12.8. The zero-order valence-electron chi connectivity index (χ0n) is 8.28. The Labute approximate surface area is 89.0 Å². The average molecular weight is 203 g/mol. The largest absolute Gasteiger partial charge is 0.164 e. The van der Waals surface area contributed by atoms with Crippen LogP contribution in [0, 0.1) is 4.91 Å². The number of hydrogen-bond acceptors (Lipinski definition) is 3. The lowest BCUT2D eigenvalue weighted by atomic mass is 10.4. The third-order valence-electron chi connectivity index (χ3n) is 1.17. The molecule has 0 rings (SSSR count). The van der Waals surface area contributed by atoms with Crippen molar-refractivity contribution >= 4 is 6.21 Å². The second-order valence-corrected chi connectivity index (χ2v) is 2.24. The fourth-order valence-corrected chi connectivity index (χ4v) is 0.613. The zero-order chi connectivity index (χ0) is 11.2. The first-order valence-corrected chi connectivity index (χ1v) is 4.30. The molecule has 0 saturated carbocycles. The molecule has 0 saturated heterocycles. The van der Waals surface area contributed by atoms with Crippen LogP contribution in [0.15, 0.2) is 71.7 Å². The lowest BCUT2D eigenvalue weighted by Gasteiger charge is -1.77. The molecule has 0 amide bonds. The van der Waals surface area contributed by atoms with Gasteiger partial charge in [-0.1, -0.05) is 55.2 Å². The van der Waals surface area contributed by atoms with Crippen molar-refractivity contribution in [1.82, 2.24) is 5.53 Å². The van der Waals surface area contributed by atoms with Crippen LogP contribution in [0.25, 0.3) is 0 Å². The highest BCUT2D eigenvalue weighted by atomic mass is 16.3. The Morgan fingerprint density at radius 2 is 1.40 bits per heavy atom. The summed E-state index contributed by atoms with van der Waals surface area (Å²) in [4.78, 5) is 9.53. The molecule has 4 nitrogen and oxygen atoms in total. The summed E-state index contributed by atoms with van der Waals surface area (Å²) in [6.07, 6.45) is 17.8. The van der Waals surface area contributed by atoms with Gasteiger partial charge >= 0.3 is 0 Å². The molecule has 0 aliphatic heterocycles. The molecule has 0 aromatic heterocycles. The summed E-state index contributed by atoms with van der Waals surface area (Å²) in [7, 11) is 0. The van der Waals surface area contributed by atoms with Crippen LogP contribution in [0.3, 0.4) is 0 Å². The summed E-state index contributed by atoms with van der Waals surface area (Å²) >= 11 is 0. The smallest absolute Gasteiger partial charge is 0.0722 e. The number of rotatable bonds is 7. The van der Waals surface area contributed by atoms with Crippen LogP contribution in [0.2, 0.25) is 0 Å². The van der Waals surface area contributed by atoms with Gasteiger partial charge in [0.1, 0.15) is 0 Å². The van der Waals surface area contributed by atoms with E-state index in [1.807, 2.05) is 42.0 Å². The van der Waals surface area contributed by atoms with Gasteiger partial charge < -0.3 is 0 Å². The predicted octanol–water partition coefficient (Wildman–Crippen LogP) is 2.65. The first-order chi connectivity index (χ1) is 7.41. The molecule has 0 unspecified atom stereocenters. The van der Waals surface area contributed by atoms with E-state index in [9.17, 15) is 4.91 Å². The third kappa shape index (κ3) is 11.8. The Kier molecular flexibility index (Phi) is 10.0. The Balaban J connectivity index is 3.69. The van der Waals surface area contributed by atoms with E-state index < -0.39 is 0 Å². The highest BCUT2D eigenvalue weighted by Gasteiger charge is 1.65. The molecule has 1 N–H and O–H groups in total. The molecule has 0 bridgehead atoms. The van der Waals surface area contributed by atoms with Gasteiger partial charge in [-0.05, 0) is 6.08 Å². The van der Waals surface area contributed by atoms with Crippen molar-refractivity contribution in [2.75, 3.05) is 0 Å². The van der Waals surface area contributed by atoms with Gasteiger partial charge in [-0.25, -0.2) is 0 Å². The second kappa shape index (κ2) is 11.8. The van der Waals surface area contributed by atoms with Crippen LogP contribution in [-0.4, -0.2) is 6.21 Å². The standard InChI is InChI=1S/C11H13N3O/c1-2-3-4-5-6-7-8-9-10-11-12-13-14-15/h2-11H,1H2,(H,13,15)/b4-3+,6-5+,8-7+,10-9+,12-11+. The minimum absolute atomic E-state index is 1.42. The summed E-state index contributed by atoms with van der Waals surface area (Å²) in [5, 5.41) is 5.77. The zero-order valence-corrected chi connectivity index (χ0v) is 8.28. The molecule has 15 heavy (non-hydrogen) atoms. The van der Waals surface area contributed by atoms with E-state index in [0.717, 1.165) is 0 Å². The number of nitrogens with zero attached hydrogens (tertiary/aromatic N) is 2. The van der Waals surface area contributed by atoms with E-state index in [1.165, 1.54) is 6.21 Å². The van der Waals surface area contributed by atoms with E-state index in [4.69, 9.17) is 0 Å². The number of nitrogens with one attached hydrogen (secondary N) is 1. The van der Waals surface area contributed by atoms with Gasteiger partial charge in [0, 0.05) is 6.21 Å². The Morgan fingerprint density at radius 1 is 0.867 bits per heavy atom. The topological polar surface area (TPSA) is 53.8 Å². The third-order valence-corrected chi connectivity index (χ3v) is 1.17. The maximum atomic E-state index is 9.53. The van der Waals surface area contributed by atoms with Crippen LogP contribution in [0.1, 0.15) is 0 Å². The van der Waals surface area contributed by atoms with Crippen LogP contribution in [0.5, 0.6) is 0 Å². The SMILES string of the molecule is C=C/C=C/C=C/C=C/C=C/C=N/NN=O. The van der Waals surface area contributed by atoms with Crippen LogP contribution >= 0.6 is 0 Å². The molecular formula is C11H13N3O. The number of hydrogen-bond donors (Lipinski definition) is 1. The van der Waals surface area contributed by atoms with Gasteiger partial charge in [0.25, 0.3) is 0 Å². The molecule has 78 valence electrons. The number of allylic oxidation sites excluding steroid dienone is 9. The van der Waals surface area contributed by atoms with Crippen molar-refractivity contribution in [3.05, 3.63) is 66.2 Å². The van der Waals surface area contributed by atoms with Gasteiger partial charge in [-0.15, -0.1) is 4.91 Å².